The van der Waals surface area contributed by atoms with E-state index in [0.717, 1.165) is 44.1 Å². The summed E-state index contributed by atoms with van der Waals surface area (Å²) in [5.41, 5.74) is 1.22. The van der Waals surface area contributed by atoms with Gasteiger partial charge in [-0.05, 0) is 116 Å². The molecule has 0 bridgehead atoms. The number of esters is 1. The number of carbonyl (C=O) groups excluding carboxylic acids is 3. The topological polar surface area (TPSA) is 92.7 Å². The van der Waals surface area contributed by atoms with E-state index in [1.807, 2.05) is 18.2 Å². The van der Waals surface area contributed by atoms with Crippen LogP contribution >= 0.6 is 23.2 Å². The molecule has 1 amide bonds. The van der Waals surface area contributed by atoms with Crippen LogP contribution in [-0.2, 0) is 19.7 Å². The summed E-state index contributed by atoms with van der Waals surface area (Å²) >= 11 is 13.1. The third-order valence-corrected chi connectivity index (χ3v) is 11.8. The second kappa shape index (κ2) is 11.2. The number of nitrogens with one attached hydrogen (secondary N) is 1. The van der Waals surface area contributed by atoms with E-state index in [9.17, 15) is 19.5 Å². The maximum atomic E-state index is 14.7. The fraction of sp³-hybridized carbons (Fsp3) is 0.571. The zero-order chi connectivity index (χ0) is 30.7. The van der Waals surface area contributed by atoms with Crippen LogP contribution in [0.1, 0.15) is 105 Å². The van der Waals surface area contributed by atoms with E-state index in [1.54, 1.807) is 18.2 Å². The number of hydrogen-bond donors (Lipinski definition) is 2. The fourth-order valence-electron chi connectivity index (χ4n) is 9.07. The number of anilines is 1. The molecule has 4 aliphatic rings. The molecule has 6 nitrogen and oxygen atoms in total. The van der Waals surface area contributed by atoms with Crippen LogP contribution in [0, 0.1) is 22.7 Å². The van der Waals surface area contributed by atoms with E-state index < -0.39 is 28.6 Å². The highest BCUT2D eigenvalue weighted by atomic mass is 35.5. The lowest BCUT2D eigenvalue weighted by Crippen LogP contribution is -2.52. The molecular weight excluding hydrogens is 585 g/mol. The van der Waals surface area contributed by atoms with Crippen molar-refractivity contribution in [2.45, 2.75) is 95.5 Å². The van der Waals surface area contributed by atoms with E-state index in [1.165, 1.54) is 7.11 Å². The number of halogens is 2. The Hall–Kier alpha value is -2.41. The number of ether oxygens (including phenoxy) is 1. The van der Waals surface area contributed by atoms with Crippen molar-refractivity contribution in [3.8, 4) is 0 Å². The molecule has 0 radical (unpaired) electrons. The Morgan fingerprint density at radius 2 is 1.67 bits per heavy atom. The molecule has 1 heterocycles. The molecule has 2 spiro atoms. The van der Waals surface area contributed by atoms with Gasteiger partial charge in [-0.15, -0.1) is 0 Å². The third kappa shape index (κ3) is 5.11. The molecule has 6 rings (SSSR count). The Balaban J connectivity index is 1.55. The zero-order valence-corrected chi connectivity index (χ0v) is 26.7. The van der Waals surface area contributed by atoms with Gasteiger partial charge in [0.05, 0.1) is 24.2 Å². The summed E-state index contributed by atoms with van der Waals surface area (Å²) in [7, 11) is 1.33. The molecule has 3 saturated carbocycles. The van der Waals surface area contributed by atoms with Crippen LogP contribution in [0.15, 0.2) is 36.4 Å². The predicted molar refractivity (Wildman–Crippen MR) is 168 cm³/mol. The Kier molecular flexibility index (Phi) is 7.96. The third-order valence-electron chi connectivity index (χ3n) is 11.3. The van der Waals surface area contributed by atoms with Crippen LogP contribution in [-0.4, -0.2) is 36.0 Å². The molecule has 3 fully saturated rings. The smallest absolute Gasteiger partial charge is 0.337 e. The minimum atomic E-state index is -1.04. The number of hydrogen-bond acceptors (Lipinski definition) is 5. The highest BCUT2D eigenvalue weighted by Crippen LogP contribution is 2.72. The van der Waals surface area contributed by atoms with Crippen LogP contribution in [0.5, 0.6) is 0 Å². The Labute approximate surface area is 263 Å². The van der Waals surface area contributed by atoms with Crippen molar-refractivity contribution >= 4 is 46.5 Å². The Morgan fingerprint density at radius 3 is 2.35 bits per heavy atom. The first kappa shape index (κ1) is 30.6. The molecule has 230 valence electrons. The molecular formula is C35H41Cl2NO5. The number of ketones is 1. The molecule has 8 heteroatoms. The number of aliphatic hydroxyl groups excluding tert-OH is 1. The monoisotopic (exact) mass is 625 g/mol. The van der Waals surface area contributed by atoms with Crippen molar-refractivity contribution in [2.75, 3.05) is 12.4 Å². The maximum Gasteiger partial charge on any atom is 0.337 e. The number of fused-ring (bicyclic) bond motifs is 3. The van der Waals surface area contributed by atoms with Crippen LogP contribution in [0.2, 0.25) is 10.0 Å². The zero-order valence-electron chi connectivity index (χ0n) is 25.2. The van der Waals surface area contributed by atoms with Gasteiger partial charge in [-0.2, -0.15) is 0 Å². The molecule has 0 unspecified atom stereocenters. The molecule has 0 saturated heterocycles. The van der Waals surface area contributed by atoms with Crippen molar-refractivity contribution in [3.63, 3.8) is 0 Å². The van der Waals surface area contributed by atoms with Crippen molar-refractivity contribution in [1.82, 2.24) is 0 Å². The number of carbonyl (C=O) groups is 3. The maximum absolute atomic E-state index is 14.7. The molecule has 2 aromatic rings. The number of rotatable bonds is 5. The van der Waals surface area contributed by atoms with Gasteiger partial charge in [-0.25, -0.2) is 4.79 Å². The average molecular weight is 627 g/mol. The van der Waals surface area contributed by atoms with Gasteiger partial charge in [-0.1, -0.05) is 43.1 Å². The van der Waals surface area contributed by atoms with Crippen molar-refractivity contribution < 1.29 is 24.2 Å². The summed E-state index contributed by atoms with van der Waals surface area (Å²) in [6, 6.07) is 10.8. The summed E-state index contributed by atoms with van der Waals surface area (Å²) in [6.07, 6.45) is 7.31. The fourth-order valence-corrected chi connectivity index (χ4v) is 9.49. The van der Waals surface area contributed by atoms with Gasteiger partial charge in [0.1, 0.15) is 5.78 Å². The highest BCUT2D eigenvalue weighted by Gasteiger charge is 2.72. The highest BCUT2D eigenvalue weighted by molar-refractivity contribution is 6.31. The van der Waals surface area contributed by atoms with E-state index >= 15 is 0 Å². The second-order valence-electron chi connectivity index (χ2n) is 14.3. The van der Waals surface area contributed by atoms with Gasteiger partial charge in [0.2, 0.25) is 5.91 Å². The van der Waals surface area contributed by atoms with Crippen molar-refractivity contribution in [3.05, 3.63) is 63.1 Å². The van der Waals surface area contributed by atoms with E-state index in [4.69, 9.17) is 27.9 Å². The van der Waals surface area contributed by atoms with Gasteiger partial charge in [-0.3, -0.25) is 9.59 Å². The van der Waals surface area contributed by atoms with Crippen molar-refractivity contribution in [2.24, 2.45) is 22.7 Å². The molecule has 0 aromatic heterocycles. The summed E-state index contributed by atoms with van der Waals surface area (Å²) in [6.45, 7) is 4.56. The number of methoxy groups -OCH3 is 1. The van der Waals surface area contributed by atoms with Crippen LogP contribution < -0.4 is 5.32 Å². The van der Waals surface area contributed by atoms with Crippen LogP contribution in [0.25, 0.3) is 0 Å². The number of benzene rings is 2. The normalized spacial score (nSPS) is 30.7. The number of amides is 1. The number of Topliss-reactive ketones (excluding diaryl/α,β-unsaturated/α-hetero) is 1. The van der Waals surface area contributed by atoms with Gasteiger partial charge in [0, 0.05) is 34.0 Å². The molecule has 43 heavy (non-hydrogen) atoms. The first-order valence-corrected chi connectivity index (χ1v) is 16.4. The van der Waals surface area contributed by atoms with Gasteiger partial charge >= 0.3 is 5.97 Å². The quantitative estimate of drug-likeness (QED) is 0.330. The standard InChI is InChI=1S/C35H41Cl2NO5/c1-33(2)10-12-34(13-11-33)19-26(29(40)14-20-4-7-25(39)8-5-20)30(21-15-22(31(41)43-3)17-24(37)16-21)35(34)27-9-6-23(36)18-28(27)38-32(35)42/h6,9,15-18,20,25-26,30,39H,4-5,7-8,10-14,19H2,1-3H3,(H,38,42)/t20?,25?,26-,30-,35+/m0/s1. The van der Waals surface area contributed by atoms with E-state index in [-0.39, 0.29) is 29.1 Å². The molecule has 1 aliphatic heterocycles. The summed E-state index contributed by atoms with van der Waals surface area (Å²) < 4.78 is 5.05. The number of aliphatic hydroxyl groups is 1. The Bertz CT molecular complexity index is 1450. The van der Waals surface area contributed by atoms with E-state index in [0.29, 0.717) is 52.5 Å². The minimum absolute atomic E-state index is 0.106. The van der Waals surface area contributed by atoms with Gasteiger partial charge in [0.15, 0.2) is 0 Å². The van der Waals surface area contributed by atoms with Gasteiger partial charge in [0.25, 0.3) is 0 Å². The van der Waals surface area contributed by atoms with Crippen LogP contribution in [0.4, 0.5) is 5.69 Å². The second-order valence-corrected chi connectivity index (χ2v) is 15.2. The molecule has 3 aliphatic carbocycles. The summed E-state index contributed by atoms with van der Waals surface area (Å²) in [4.78, 5) is 42.0. The largest absolute Gasteiger partial charge is 0.465 e. The summed E-state index contributed by atoms with van der Waals surface area (Å²) in [5.74, 6) is -1.23. The van der Waals surface area contributed by atoms with Gasteiger partial charge < -0.3 is 15.2 Å². The lowest BCUT2D eigenvalue weighted by molar-refractivity contribution is -0.127. The lowest BCUT2D eigenvalue weighted by atomic mass is 9.51. The SMILES string of the molecule is COC(=O)c1cc(Cl)cc([C@H]2[C@H](C(=O)CC3CCC(O)CC3)CC3(CCC(C)(C)CC3)[C@@]23C(=O)Nc2cc(Cl)ccc23)c1. The lowest BCUT2D eigenvalue weighted by Gasteiger charge is -2.51. The first-order chi connectivity index (χ1) is 20.4. The molecule has 2 N–H and O–H groups in total. The first-order valence-electron chi connectivity index (χ1n) is 15.6. The molecule has 3 atom stereocenters. The van der Waals surface area contributed by atoms with Crippen LogP contribution in [0.3, 0.4) is 0 Å². The van der Waals surface area contributed by atoms with E-state index in [2.05, 4.69) is 19.2 Å². The summed E-state index contributed by atoms with van der Waals surface area (Å²) in [5, 5.41) is 14.2. The predicted octanol–water partition coefficient (Wildman–Crippen LogP) is 7.87. The minimum Gasteiger partial charge on any atom is -0.465 e. The van der Waals surface area contributed by atoms with Crippen molar-refractivity contribution in [1.29, 1.82) is 0 Å². The molecule has 2 aromatic carbocycles. The Morgan fingerprint density at radius 1 is 0.977 bits per heavy atom. The average Bonchev–Trinajstić information content (AvgIpc) is 3.43.